The third-order valence-corrected chi connectivity index (χ3v) is 7.61. The van der Waals surface area contributed by atoms with E-state index in [-0.39, 0.29) is 5.91 Å². The van der Waals surface area contributed by atoms with Gasteiger partial charge in [-0.15, -0.1) is 0 Å². The van der Waals surface area contributed by atoms with Crippen LogP contribution >= 0.6 is 23.2 Å². The molecule has 1 saturated heterocycles. The molecule has 218 valence electrons. The molecule has 0 spiro atoms. The smallest absolute Gasteiger partial charge is 0.246 e. The van der Waals surface area contributed by atoms with E-state index in [1.54, 1.807) is 48.7 Å². The van der Waals surface area contributed by atoms with E-state index in [0.717, 1.165) is 41.3 Å². The number of benzene rings is 3. The molecule has 0 N–H and O–H groups in total. The second-order valence-corrected chi connectivity index (χ2v) is 11.1. The predicted molar refractivity (Wildman–Crippen MR) is 168 cm³/mol. The molecule has 0 aliphatic carbocycles. The molecule has 3 aromatic carbocycles. The molecule has 7 nitrogen and oxygen atoms in total. The molecule has 9 heteroatoms. The van der Waals surface area contributed by atoms with E-state index in [1.165, 1.54) is 5.56 Å². The molecule has 1 aliphatic rings. The van der Waals surface area contributed by atoms with Gasteiger partial charge in [-0.3, -0.25) is 9.69 Å². The summed E-state index contributed by atoms with van der Waals surface area (Å²) in [7, 11) is 0. The van der Waals surface area contributed by atoms with Crippen molar-refractivity contribution in [2.75, 3.05) is 26.2 Å². The number of aromatic nitrogens is 1. The Labute approximate surface area is 261 Å². The van der Waals surface area contributed by atoms with Crippen LogP contribution in [0.25, 0.3) is 6.08 Å². The quantitative estimate of drug-likeness (QED) is 0.185. The molecule has 0 bridgehead atoms. The minimum atomic E-state index is -0.0223. The highest BCUT2D eigenvalue weighted by Crippen LogP contribution is 2.34. The zero-order chi connectivity index (χ0) is 30.2. The van der Waals surface area contributed by atoms with Gasteiger partial charge in [0, 0.05) is 49.9 Å². The maximum Gasteiger partial charge on any atom is 0.246 e. The highest BCUT2D eigenvalue weighted by atomic mass is 35.5. The highest BCUT2D eigenvalue weighted by molar-refractivity contribution is 6.32. The number of carbonyl (C=O) groups excluding carboxylic acids is 1. The minimum absolute atomic E-state index is 0.0223. The Hall–Kier alpha value is -4.35. The van der Waals surface area contributed by atoms with E-state index in [1.807, 2.05) is 54.3 Å². The lowest BCUT2D eigenvalue weighted by atomic mass is 10.1. The fourth-order valence-corrected chi connectivity index (χ4v) is 5.13. The van der Waals surface area contributed by atoms with Gasteiger partial charge < -0.3 is 14.4 Å². The molecular formula is C34H30Cl2N4O3. The largest absolute Gasteiger partial charge is 0.487 e. The third-order valence-electron chi connectivity index (χ3n) is 7.08. The lowest BCUT2D eigenvalue weighted by molar-refractivity contribution is -0.127. The number of hydrogen-bond acceptors (Lipinski definition) is 6. The molecular weight excluding hydrogens is 583 g/mol. The van der Waals surface area contributed by atoms with Crippen LogP contribution in [0.4, 0.5) is 0 Å². The van der Waals surface area contributed by atoms with Crippen LogP contribution in [0, 0.1) is 18.3 Å². The van der Waals surface area contributed by atoms with E-state index in [2.05, 4.69) is 16.0 Å². The molecule has 0 radical (unpaired) electrons. The first-order chi connectivity index (χ1) is 20.9. The van der Waals surface area contributed by atoms with Gasteiger partial charge in [-0.25, -0.2) is 4.98 Å². The first kappa shape index (κ1) is 30.1. The van der Waals surface area contributed by atoms with Gasteiger partial charge in [0.05, 0.1) is 22.9 Å². The molecule has 2 heterocycles. The summed E-state index contributed by atoms with van der Waals surface area (Å²) in [4.78, 5) is 21.4. The van der Waals surface area contributed by atoms with Crippen LogP contribution < -0.4 is 9.47 Å². The van der Waals surface area contributed by atoms with Gasteiger partial charge in [-0.1, -0.05) is 47.5 Å². The molecule has 0 unspecified atom stereocenters. The number of nitriles is 1. The summed E-state index contributed by atoms with van der Waals surface area (Å²) in [5.74, 6) is 1.45. The van der Waals surface area contributed by atoms with Crippen molar-refractivity contribution in [2.45, 2.75) is 20.1 Å². The van der Waals surface area contributed by atoms with Crippen molar-refractivity contribution in [3.05, 3.63) is 123 Å². The molecule has 0 atom stereocenters. The number of piperazine rings is 1. The zero-order valence-electron chi connectivity index (χ0n) is 23.7. The zero-order valence-corrected chi connectivity index (χ0v) is 25.2. The lowest BCUT2D eigenvalue weighted by Gasteiger charge is -2.34. The molecule has 1 fully saturated rings. The number of halogens is 2. The Kier molecular flexibility index (Phi) is 9.96. The van der Waals surface area contributed by atoms with E-state index in [0.29, 0.717) is 47.7 Å². The lowest BCUT2D eigenvalue weighted by Crippen LogP contribution is -2.47. The Morgan fingerprint density at radius 2 is 1.70 bits per heavy atom. The third kappa shape index (κ3) is 8.36. The molecule has 0 saturated carbocycles. The van der Waals surface area contributed by atoms with Gasteiger partial charge in [0.1, 0.15) is 12.4 Å². The van der Waals surface area contributed by atoms with Crippen molar-refractivity contribution >= 4 is 35.2 Å². The number of pyridine rings is 1. The first-order valence-electron chi connectivity index (χ1n) is 13.9. The minimum Gasteiger partial charge on any atom is -0.487 e. The average Bonchev–Trinajstić information content (AvgIpc) is 3.03. The number of ether oxygens (including phenoxy) is 2. The van der Waals surface area contributed by atoms with E-state index >= 15 is 0 Å². The maximum absolute atomic E-state index is 12.9. The number of carbonyl (C=O) groups is 1. The van der Waals surface area contributed by atoms with Crippen molar-refractivity contribution in [1.82, 2.24) is 14.8 Å². The van der Waals surface area contributed by atoms with Gasteiger partial charge in [0.25, 0.3) is 0 Å². The van der Waals surface area contributed by atoms with Crippen LogP contribution in [0.3, 0.4) is 0 Å². The number of aryl methyl sites for hydroxylation is 1. The Morgan fingerprint density at radius 1 is 0.977 bits per heavy atom. The summed E-state index contributed by atoms with van der Waals surface area (Å²) in [6, 6.07) is 24.4. The molecule has 1 aliphatic heterocycles. The van der Waals surface area contributed by atoms with Crippen molar-refractivity contribution in [1.29, 1.82) is 5.26 Å². The molecule has 43 heavy (non-hydrogen) atoms. The van der Waals surface area contributed by atoms with Gasteiger partial charge in [-0.05, 0) is 77.7 Å². The van der Waals surface area contributed by atoms with Crippen LogP contribution in [0.15, 0.2) is 85.1 Å². The fourth-order valence-electron chi connectivity index (χ4n) is 4.69. The summed E-state index contributed by atoms with van der Waals surface area (Å²) < 4.78 is 11.8. The fraction of sp³-hybridized carbons (Fsp3) is 0.206. The standard InChI is InChI=1S/C34H30Cl2N4O3/c1-24-18-28(8-13-33(41)40-16-14-39(15-17-40)22-26-6-9-29(35)10-7-26)19-31(36)34(24)43-32-12-11-30(21-38-32)42-23-27-4-2-25(20-37)3-5-27/h2-13,18-19,21H,14-17,22-23H2,1H3/b13-8+. The summed E-state index contributed by atoms with van der Waals surface area (Å²) in [6.07, 6.45) is 4.96. The summed E-state index contributed by atoms with van der Waals surface area (Å²) in [6.45, 7) is 6.08. The Morgan fingerprint density at radius 3 is 2.35 bits per heavy atom. The SMILES string of the molecule is Cc1cc(/C=C/C(=O)N2CCN(Cc3ccc(Cl)cc3)CC2)cc(Cl)c1Oc1ccc(OCc2ccc(C#N)cc2)cn1. The van der Waals surface area contributed by atoms with Crippen molar-refractivity contribution in [3.8, 4) is 23.4 Å². The molecule has 4 aromatic rings. The Balaban J connectivity index is 1.12. The predicted octanol–water partition coefficient (Wildman–Crippen LogP) is 7.30. The second-order valence-electron chi connectivity index (χ2n) is 10.2. The monoisotopic (exact) mass is 612 g/mol. The normalized spacial score (nSPS) is 13.6. The van der Waals surface area contributed by atoms with Crippen molar-refractivity contribution < 1.29 is 14.3 Å². The maximum atomic E-state index is 12.9. The van der Waals surface area contributed by atoms with Gasteiger partial charge in [-0.2, -0.15) is 5.26 Å². The van der Waals surface area contributed by atoms with E-state index in [9.17, 15) is 4.79 Å². The summed E-state index contributed by atoms with van der Waals surface area (Å²) in [5.41, 5.74) is 4.39. The van der Waals surface area contributed by atoms with E-state index < -0.39 is 0 Å². The van der Waals surface area contributed by atoms with Crippen LogP contribution in [0.1, 0.15) is 27.8 Å². The van der Waals surface area contributed by atoms with Crippen LogP contribution in [0.2, 0.25) is 10.0 Å². The van der Waals surface area contributed by atoms with E-state index in [4.69, 9.17) is 37.9 Å². The average molecular weight is 614 g/mol. The molecule has 1 aromatic heterocycles. The topological polar surface area (TPSA) is 78.7 Å². The van der Waals surface area contributed by atoms with Gasteiger partial charge in [0.15, 0.2) is 5.75 Å². The highest BCUT2D eigenvalue weighted by Gasteiger charge is 2.20. The molecule has 5 rings (SSSR count). The van der Waals surface area contributed by atoms with Crippen LogP contribution in [0.5, 0.6) is 17.4 Å². The van der Waals surface area contributed by atoms with Gasteiger partial charge >= 0.3 is 0 Å². The molecule has 1 amide bonds. The van der Waals surface area contributed by atoms with Crippen molar-refractivity contribution in [2.24, 2.45) is 0 Å². The first-order valence-corrected chi connectivity index (χ1v) is 14.6. The van der Waals surface area contributed by atoms with Crippen LogP contribution in [-0.4, -0.2) is 46.9 Å². The Bertz CT molecular complexity index is 1600. The summed E-state index contributed by atoms with van der Waals surface area (Å²) >= 11 is 12.6. The van der Waals surface area contributed by atoms with Crippen LogP contribution in [-0.2, 0) is 17.9 Å². The van der Waals surface area contributed by atoms with Gasteiger partial charge in [0.2, 0.25) is 11.8 Å². The number of hydrogen-bond donors (Lipinski definition) is 0. The summed E-state index contributed by atoms with van der Waals surface area (Å²) in [5, 5.41) is 10.1. The number of amides is 1. The van der Waals surface area contributed by atoms with Crippen molar-refractivity contribution in [3.63, 3.8) is 0 Å². The number of rotatable bonds is 9. The second kappa shape index (κ2) is 14.2. The number of nitrogens with zero attached hydrogens (tertiary/aromatic N) is 4.